The summed E-state index contributed by atoms with van der Waals surface area (Å²) in [7, 11) is 1.94. The standard InChI is InChI=1S/C9H19N3O/c1-7(10-3)5-12-6-9(13)11-4-8(12)2/h7-8,10H,4-6H2,1-3H3,(H,11,13). The second kappa shape index (κ2) is 4.58. The lowest BCUT2D eigenvalue weighted by Crippen LogP contribution is -2.55. The van der Waals surface area contributed by atoms with Crippen molar-refractivity contribution in [2.75, 3.05) is 26.7 Å². The van der Waals surface area contributed by atoms with Crippen LogP contribution in [0.4, 0.5) is 0 Å². The number of likely N-dealkylation sites (N-methyl/N-ethyl adjacent to an activating group) is 1. The number of rotatable bonds is 3. The Labute approximate surface area is 79.7 Å². The van der Waals surface area contributed by atoms with Crippen molar-refractivity contribution >= 4 is 5.91 Å². The van der Waals surface area contributed by atoms with Crippen LogP contribution in [-0.4, -0.2) is 49.6 Å². The topological polar surface area (TPSA) is 44.4 Å². The zero-order valence-corrected chi connectivity index (χ0v) is 8.63. The summed E-state index contributed by atoms with van der Waals surface area (Å²) in [5, 5.41) is 6.03. The number of carbonyl (C=O) groups excluding carboxylic acids is 1. The maximum absolute atomic E-state index is 11.1. The van der Waals surface area contributed by atoms with Crippen LogP contribution in [0.25, 0.3) is 0 Å². The van der Waals surface area contributed by atoms with Crippen molar-refractivity contribution in [2.45, 2.75) is 25.9 Å². The minimum absolute atomic E-state index is 0.140. The van der Waals surface area contributed by atoms with Gasteiger partial charge in [-0.1, -0.05) is 0 Å². The van der Waals surface area contributed by atoms with Crippen LogP contribution in [0.2, 0.25) is 0 Å². The first-order valence-electron chi connectivity index (χ1n) is 4.81. The van der Waals surface area contributed by atoms with Crippen molar-refractivity contribution in [1.29, 1.82) is 0 Å². The first-order chi connectivity index (χ1) is 6.13. The Morgan fingerprint density at radius 2 is 2.46 bits per heavy atom. The Hall–Kier alpha value is -0.610. The molecule has 1 fully saturated rings. The Morgan fingerprint density at radius 3 is 3.08 bits per heavy atom. The molecular weight excluding hydrogens is 166 g/mol. The molecule has 0 saturated carbocycles. The van der Waals surface area contributed by atoms with Crippen LogP contribution in [0.3, 0.4) is 0 Å². The molecule has 0 aromatic heterocycles. The second-order valence-corrected chi connectivity index (χ2v) is 3.77. The van der Waals surface area contributed by atoms with E-state index in [0.717, 1.165) is 13.1 Å². The fraction of sp³-hybridized carbons (Fsp3) is 0.889. The molecule has 0 bridgehead atoms. The van der Waals surface area contributed by atoms with Gasteiger partial charge in [-0.2, -0.15) is 0 Å². The lowest BCUT2D eigenvalue weighted by molar-refractivity contribution is -0.125. The van der Waals surface area contributed by atoms with Crippen LogP contribution in [0.5, 0.6) is 0 Å². The lowest BCUT2D eigenvalue weighted by Gasteiger charge is -2.34. The Balaban J connectivity index is 2.41. The second-order valence-electron chi connectivity index (χ2n) is 3.77. The third kappa shape index (κ3) is 2.97. The molecule has 4 heteroatoms. The Kier molecular flexibility index (Phi) is 3.69. The minimum Gasteiger partial charge on any atom is -0.353 e. The minimum atomic E-state index is 0.140. The number of carbonyl (C=O) groups is 1. The summed E-state index contributed by atoms with van der Waals surface area (Å²) < 4.78 is 0. The van der Waals surface area contributed by atoms with E-state index in [-0.39, 0.29) is 5.91 Å². The van der Waals surface area contributed by atoms with Crippen molar-refractivity contribution in [1.82, 2.24) is 15.5 Å². The van der Waals surface area contributed by atoms with Gasteiger partial charge >= 0.3 is 0 Å². The molecule has 2 N–H and O–H groups in total. The zero-order valence-electron chi connectivity index (χ0n) is 8.63. The average molecular weight is 185 g/mol. The summed E-state index contributed by atoms with van der Waals surface area (Å²) in [6, 6.07) is 0.891. The summed E-state index contributed by atoms with van der Waals surface area (Å²) in [4.78, 5) is 13.3. The normalized spacial score (nSPS) is 27.0. The highest BCUT2D eigenvalue weighted by atomic mass is 16.2. The first-order valence-corrected chi connectivity index (χ1v) is 4.81. The van der Waals surface area contributed by atoms with Crippen molar-refractivity contribution < 1.29 is 4.79 Å². The van der Waals surface area contributed by atoms with Gasteiger partial charge < -0.3 is 10.6 Å². The highest BCUT2D eigenvalue weighted by Crippen LogP contribution is 2.03. The van der Waals surface area contributed by atoms with Gasteiger partial charge in [0.05, 0.1) is 6.54 Å². The van der Waals surface area contributed by atoms with Gasteiger partial charge in [-0.25, -0.2) is 0 Å². The molecule has 4 nitrogen and oxygen atoms in total. The number of hydrogen-bond acceptors (Lipinski definition) is 3. The summed E-state index contributed by atoms with van der Waals surface area (Å²) in [6.07, 6.45) is 0. The SMILES string of the molecule is CNC(C)CN1CC(=O)NCC1C. The van der Waals surface area contributed by atoms with E-state index in [1.54, 1.807) is 0 Å². The third-order valence-corrected chi connectivity index (χ3v) is 2.57. The van der Waals surface area contributed by atoms with Crippen molar-refractivity contribution in [3.05, 3.63) is 0 Å². The highest BCUT2D eigenvalue weighted by molar-refractivity contribution is 5.78. The number of nitrogens with one attached hydrogen (secondary N) is 2. The van der Waals surface area contributed by atoms with Crippen LogP contribution in [0.15, 0.2) is 0 Å². The van der Waals surface area contributed by atoms with Gasteiger partial charge in [0, 0.05) is 25.2 Å². The number of amides is 1. The predicted molar refractivity (Wildman–Crippen MR) is 52.6 cm³/mol. The maximum atomic E-state index is 11.1. The molecular formula is C9H19N3O. The molecule has 13 heavy (non-hydrogen) atoms. The molecule has 0 spiro atoms. The van der Waals surface area contributed by atoms with Crippen molar-refractivity contribution in [3.63, 3.8) is 0 Å². The van der Waals surface area contributed by atoms with Crippen LogP contribution in [-0.2, 0) is 4.79 Å². The fourth-order valence-corrected chi connectivity index (χ4v) is 1.47. The van der Waals surface area contributed by atoms with E-state index >= 15 is 0 Å². The number of nitrogens with zero attached hydrogens (tertiary/aromatic N) is 1. The number of piperazine rings is 1. The molecule has 0 aliphatic carbocycles. The third-order valence-electron chi connectivity index (χ3n) is 2.57. The van der Waals surface area contributed by atoms with Gasteiger partial charge in [0.15, 0.2) is 0 Å². The molecule has 1 rings (SSSR count). The van der Waals surface area contributed by atoms with E-state index in [1.807, 2.05) is 7.05 Å². The van der Waals surface area contributed by atoms with Crippen molar-refractivity contribution in [2.24, 2.45) is 0 Å². The first kappa shape index (κ1) is 10.5. The van der Waals surface area contributed by atoms with Crippen LogP contribution in [0, 0.1) is 0 Å². The molecule has 1 amide bonds. The van der Waals surface area contributed by atoms with E-state index in [9.17, 15) is 4.79 Å². The highest BCUT2D eigenvalue weighted by Gasteiger charge is 2.23. The van der Waals surface area contributed by atoms with Gasteiger partial charge in [0.25, 0.3) is 0 Å². The van der Waals surface area contributed by atoms with Gasteiger partial charge in [-0.15, -0.1) is 0 Å². The summed E-state index contributed by atoms with van der Waals surface area (Å²) >= 11 is 0. The Bertz CT molecular complexity index is 184. The van der Waals surface area contributed by atoms with E-state index < -0.39 is 0 Å². The largest absolute Gasteiger partial charge is 0.353 e. The summed E-state index contributed by atoms with van der Waals surface area (Å²) in [6.45, 7) is 6.51. The van der Waals surface area contributed by atoms with Gasteiger partial charge in [-0.3, -0.25) is 9.69 Å². The van der Waals surface area contributed by atoms with Crippen LogP contribution < -0.4 is 10.6 Å². The van der Waals surface area contributed by atoms with Crippen LogP contribution >= 0.6 is 0 Å². The van der Waals surface area contributed by atoms with E-state index in [2.05, 4.69) is 29.4 Å². The molecule has 76 valence electrons. The van der Waals surface area contributed by atoms with Gasteiger partial charge in [0.1, 0.15) is 0 Å². The summed E-state index contributed by atoms with van der Waals surface area (Å²) in [5.41, 5.74) is 0. The van der Waals surface area contributed by atoms with Crippen molar-refractivity contribution in [3.8, 4) is 0 Å². The average Bonchev–Trinajstić information content (AvgIpc) is 2.11. The zero-order chi connectivity index (χ0) is 9.84. The lowest BCUT2D eigenvalue weighted by atomic mass is 10.2. The van der Waals surface area contributed by atoms with Gasteiger partial charge in [0.2, 0.25) is 5.91 Å². The van der Waals surface area contributed by atoms with Crippen LogP contribution in [0.1, 0.15) is 13.8 Å². The molecule has 1 aliphatic rings. The number of hydrogen-bond donors (Lipinski definition) is 2. The van der Waals surface area contributed by atoms with Gasteiger partial charge in [-0.05, 0) is 20.9 Å². The maximum Gasteiger partial charge on any atom is 0.234 e. The van der Waals surface area contributed by atoms with E-state index in [4.69, 9.17) is 0 Å². The molecule has 2 atom stereocenters. The monoisotopic (exact) mass is 185 g/mol. The molecule has 2 unspecified atom stereocenters. The summed E-state index contributed by atoms with van der Waals surface area (Å²) in [5.74, 6) is 0.140. The molecule has 0 radical (unpaired) electrons. The van der Waals surface area contributed by atoms with E-state index in [1.165, 1.54) is 0 Å². The van der Waals surface area contributed by atoms with E-state index in [0.29, 0.717) is 18.6 Å². The molecule has 0 aromatic rings. The smallest absolute Gasteiger partial charge is 0.234 e. The molecule has 0 aromatic carbocycles. The molecule has 1 saturated heterocycles. The Morgan fingerprint density at radius 1 is 1.77 bits per heavy atom. The molecule has 1 aliphatic heterocycles. The molecule has 1 heterocycles. The fourth-order valence-electron chi connectivity index (χ4n) is 1.47. The quantitative estimate of drug-likeness (QED) is 0.618. The predicted octanol–water partition coefficient (Wildman–Crippen LogP) is -0.585.